The molecule has 2 fully saturated rings. The summed E-state index contributed by atoms with van der Waals surface area (Å²) >= 11 is 0. The molecule has 2 aromatic heterocycles. The van der Waals surface area contributed by atoms with Crippen LogP contribution < -0.4 is 0 Å². The number of hydrogen-bond acceptors (Lipinski definition) is 4. The fraction of sp³-hybridized carbons (Fsp3) is 0.571. The number of nitrogens with zero attached hydrogens (tertiary/aromatic N) is 4. The minimum absolute atomic E-state index is 0.207. The second-order valence-electron chi connectivity index (χ2n) is 8.14. The SMILES string of the molecule is O=C(C(c1cccnc1)N1CCCC1)N1CCc2[nH]nc(C3CCC3)c2C1. The van der Waals surface area contributed by atoms with E-state index in [4.69, 9.17) is 0 Å². The van der Waals surface area contributed by atoms with Gasteiger partial charge in [-0.1, -0.05) is 12.5 Å². The Balaban J connectivity index is 1.41. The number of aromatic amines is 1. The van der Waals surface area contributed by atoms with E-state index in [1.807, 2.05) is 18.3 Å². The molecule has 5 rings (SSSR count). The zero-order valence-corrected chi connectivity index (χ0v) is 15.7. The lowest BCUT2D eigenvalue weighted by Crippen LogP contribution is -2.44. The van der Waals surface area contributed by atoms with Gasteiger partial charge in [-0.05, 0) is 50.4 Å². The van der Waals surface area contributed by atoms with E-state index in [9.17, 15) is 4.79 Å². The zero-order valence-electron chi connectivity index (χ0n) is 15.7. The molecule has 4 heterocycles. The van der Waals surface area contributed by atoms with Crippen LogP contribution in [0.25, 0.3) is 0 Å². The van der Waals surface area contributed by atoms with Gasteiger partial charge in [0, 0.05) is 49.1 Å². The third-order valence-electron chi connectivity index (χ3n) is 6.51. The molecule has 0 radical (unpaired) electrons. The number of fused-ring (bicyclic) bond motifs is 1. The highest BCUT2D eigenvalue weighted by atomic mass is 16.2. The molecule has 6 nitrogen and oxygen atoms in total. The second-order valence-corrected chi connectivity index (χ2v) is 8.14. The number of aromatic nitrogens is 3. The number of hydrogen-bond donors (Lipinski definition) is 1. The monoisotopic (exact) mass is 365 g/mol. The third-order valence-corrected chi connectivity index (χ3v) is 6.51. The van der Waals surface area contributed by atoms with Crippen LogP contribution in [0.4, 0.5) is 0 Å². The highest BCUT2D eigenvalue weighted by Gasteiger charge is 2.36. The highest BCUT2D eigenvalue weighted by molar-refractivity contribution is 5.83. The Morgan fingerprint density at radius 2 is 2.04 bits per heavy atom. The number of nitrogens with one attached hydrogen (secondary N) is 1. The number of pyridine rings is 1. The van der Waals surface area contributed by atoms with Crippen molar-refractivity contribution in [2.45, 2.75) is 57.0 Å². The second kappa shape index (κ2) is 7.08. The first-order valence-electron chi connectivity index (χ1n) is 10.3. The average molecular weight is 365 g/mol. The number of likely N-dealkylation sites (tertiary alicyclic amines) is 1. The molecule has 1 saturated carbocycles. The van der Waals surface area contributed by atoms with Crippen LogP contribution in [-0.2, 0) is 17.8 Å². The van der Waals surface area contributed by atoms with Crippen molar-refractivity contribution in [2.75, 3.05) is 19.6 Å². The Morgan fingerprint density at radius 3 is 2.74 bits per heavy atom. The van der Waals surface area contributed by atoms with E-state index in [-0.39, 0.29) is 11.9 Å². The van der Waals surface area contributed by atoms with Gasteiger partial charge in [-0.15, -0.1) is 0 Å². The minimum atomic E-state index is -0.207. The number of rotatable bonds is 4. The van der Waals surface area contributed by atoms with E-state index >= 15 is 0 Å². The van der Waals surface area contributed by atoms with Gasteiger partial charge in [0.15, 0.2) is 0 Å². The van der Waals surface area contributed by atoms with Gasteiger partial charge in [0.1, 0.15) is 6.04 Å². The summed E-state index contributed by atoms with van der Waals surface area (Å²) in [6.45, 7) is 3.44. The normalized spacial score (nSPS) is 21.7. The number of H-pyrrole nitrogens is 1. The van der Waals surface area contributed by atoms with Crippen LogP contribution in [0.2, 0.25) is 0 Å². The summed E-state index contributed by atoms with van der Waals surface area (Å²) in [4.78, 5) is 22.3. The smallest absolute Gasteiger partial charge is 0.244 e. The van der Waals surface area contributed by atoms with Gasteiger partial charge in [0.05, 0.1) is 5.69 Å². The van der Waals surface area contributed by atoms with E-state index in [2.05, 4.69) is 25.0 Å². The van der Waals surface area contributed by atoms with Crippen molar-refractivity contribution in [3.8, 4) is 0 Å². The van der Waals surface area contributed by atoms with Crippen LogP contribution in [0, 0.1) is 0 Å². The first-order valence-corrected chi connectivity index (χ1v) is 10.3. The molecule has 27 heavy (non-hydrogen) atoms. The summed E-state index contributed by atoms with van der Waals surface area (Å²) in [5.74, 6) is 0.809. The molecule has 1 atom stereocenters. The molecule has 1 saturated heterocycles. The van der Waals surface area contributed by atoms with Crippen LogP contribution in [0.1, 0.15) is 66.6 Å². The van der Waals surface area contributed by atoms with Crippen LogP contribution in [0.3, 0.4) is 0 Å². The quantitative estimate of drug-likeness (QED) is 0.905. The van der Waals surface area contributed by atoms with Crippen molar-refractivity contribution in [2.24, 2.45) is 0 Å². The molecule has 1 amide bonds. The van der Waals surface area contributed by atoms with Crippen LogP contribution in [-0.4, -0.2) is 50.5 Å². The van der Waals surface area contributed by atoms with Crippen molar-refractivity contribution in [1.82, 2.24) is 25.0 Å². The van der Waals surface area contributed by atoms with Crippen molar-refractivity contribution in [3.05, 3.63) is 47.0 Å². The molecule has 2 aromatic rings. The van der Waals surface area contributed by atoms with E-state index in [0.717, 1.165) is 31.6 Å². The summed E-state index contributed by atoms with van der Waals surface area (Å²) in [5, 5.41) is 7.85. The zero-order chi connectivity index (χ0) is 18.2. The van der Waals surface area contributed by atoms with Crippen LogP contribution in [0.5, 0.6) is 0 Å². The van der Waals surface area contributed by atoms with E-state index in [1.54, 1.807) is 6.20 Å². The summed E-state index contributed by atoms with van der Waals surface area (Å²) in [7, 11) is 0. The van der Waals surface area contributed by atoms with Crippen molar-refractivity contribution in [1.29, 1.82) is 0 Å². The Labute approximate surface area is 160 Å². The van der Waals surface area contributed by atoms with Crippen molar-refractivity contribution < 1.29 is 4.79 Å². The van der Waals surface area contributed by atoms with Gasteiger partial charge in [-0.2, -0.15) is 5.10 Å². The first kappa shape index (κ1) is 16.9. The van der Waals surface area contributed by atoms with Crippen LogP contribution in [0.15, 0.2) is 24.5 Å². The summed E-state index contributed by atoms with van der Waals surface area (Å²) in [6, 6.07) is 3.77. The van der Waals surface area contributed by atoms with Crippen LogP contribution >= 0.6 is 0 Å². The Kier molecular flexibility index (Phi) is 4.44. The maximum atomic E-state index is 13.6. The molecular weight excluding hydrogens is 338 g/mol. The van der Waals surface area contributed by atoms with E-state index < -0.39 is 0 Å². The summed E-state index contributed by atoms with van der Waals surface area (Å²) in [6.07, 6.45) is 10.6. The molecule has 0 bridgehead atoms. The van der Waals surface area contributed by atoms with E-state index in [0.29, 0.717) is 12.5 Å². The molecule has 1 aliphatic carbocycles. The lowest BCUT2D eigenvalue weighted by Gasteiger charge is -2.35. The lowest BCUT2D eigenvalue weighted by molar-refractivity contribution is -0.138. The molecule has 0 aromatic carbocycles. The van der Waals surface area contributed by atoms with Gasteiger partial charge >= 0.3 is 0 Å². The Bertz CT molecular complexity index is 807. The molecule has 1 N–H and O–H groups in total. The number of carbonyl (C=O) groups is 1. The van der Waals surface area contributed by atoms with Crippen molar-refractivity contribution >= 4 is 5.91 Å². The average Bonchev–Trinajstić information content (AvgIpc) is 3.32. The standard InChI is InChI=1S/C21H27N5O/c27-21(20(25-10-1-2-11-25)16-7-4-9-22-13-16)26-12-8-18-17(14-26)19(24-23-18)15-5-3-6-15/h4,7,9,13,15,20H,1-3,5-6,8,10-12,14H2,(H,23,24). The van der Waals surface area contributed by atoms with Gasteiger partial charge in [0.2, 0.25) is 5.91 Å². The molecule has 2 aliphatic heterocycles. The fourth-order valence-electron chi connectivity index (χ4n) is 4.74. The van der Waals surface area contributed by atoms with Gasteiger partial charge < -0.3 is 4.90 Å². The molecule has 142 valence electrons. The predicted molar refractivity (Wildman–Crippen MR) is 102 cm³/mol. The number of carbonyl (C=O) groups excluding carboxylic acids is 1. The minimum Gasteiger partial charge on any atom is -0.336 e. The Hall–Kier alpha value is -2.21. The molecule has 6 heteroatoms. The van der Waals surface area contributed by atoms with Crippen molar-refractivity contribution in [3.63, 3.8) is 0 Å². The molecule has 1 unspecified atom stereocenters. The molecular formula is C21H27N5O. The van der Waals surface area contributed by atoms with E-state index in [1.165, 1.54) is 49.1 Å². The Morgan fingerprint density at radius 1 is 1.19 bits per heavy atom. The summed E-state index contributed by atoms with van der Waals surface area (Å²) in [5.41, 5.74) is 4.75. The summed E-state index contributed by atoms with van der Waals surface area (Å²) < 4.78 is 0. The highest BCUT2D eigenvalue weighted by Crippen LogP contribution is 2.39. The third kappa shape index (κ3) is 3.06. The van der Waals surface area contributed by atoms with Gasteiger partial charge in [0.25, 0.3) is 0 Å². The maximum Gasteiger partial charge on any atom is 0.244 e. The maximum absolute atomic E-state index is 13.6. The van der Waals surface area contributed by atoms with Gasteiger partial charge in [-0.25, -0.2) is 0 Å². The topological polar surface area (TPSA) is 65.1 Å². The van der Waals surface area contributed by atoms with Gasteiger partial charge in [-0.3, -0.25) is 19.8 Å². The predicted octanol–water partition coefficient (Wildman–Crippen LogP) is 2.79. The largest absolute Gasteiger partial charge is 0.336 e. The number of amides is 1. The first-order chi connectivity index (χ1) is 13.3. The lowest BCUT2D eigenvalue weighted by atomic mass is 9.80. The fourth-order valence-corrected chi connectivity index (χ4v) is 4.74. The molecule has 3 aliphatic rings. The molecule has 0 spiro atoms.